The minimum Gasteiger partial charge on any atom is -0.480 e. The Morgan fingerprint density at radius 3 is 1.57 bits per heavy atom. The summed E-state index contributed by atoms with van der Waals surface area (Å²) < 4.78 is 37.0. The number of carbonyl (C=O) groups is 7. The highest BCUT2D eigenvalue weighted by atomic mass is 32.2. The Labute approximate surface area is 365 Å². The van der Waals surface area contributed by atoms with Gasteiger partial charge in [-0.25, -0.2) is 19.2 Å². The van der Waals surface area contributed by atoms with E-state index in [1.54, 1.807) is 62.3 Å². The summed E-state index contributed by atoms with van der Waals surface area (Å²) in [6.45, 7) is 16.7. The quantitative estimate of drug-likeness (QED) is 0.0360. The molecule has 0 aromatic heterocycles. The highest BCUT2D eigenvalue weighted by molar-refractivity contribution is 7.99. The number of esters is 2. The fraction of sp³-hybridized carbons (Fsp3) is 0.829. The van der Waals surface area contributed by atoms with Crippen LogP contribution in [0.25, 0.3) is 0 Å². The molecule has 0 aliphatic heterocycles. The lowest BCUT2D eigenvalue weighted by Gasteiger charge is -2.26. The fourth-order valence-corrected chi connectivity index (χ4v) is 5.84. The van der Waals surface area contributed by atoms with Crippen LogP contribution in [0.3, 0.4) is 0 Å². The van der Waals surface area contributed by atoms with Crippen molar-refractivity contribution >= 4 is 53.5 Å². The van der Waals surface area contributed by atoms with Gasteiger partial charge in [0.2, 0.25) is 17.7 Å². The number of thioether (sulfide) groups is 1. The fourth-order valence-electron chi connectivity index (χ4n) is 4.81. The standard InChI is InChI=1S/C41H74N4O15S/c1-39(2,3)58-36(51)30(16-17-32(46)42-18-20-54-22-24-56-27-34(48)43-19-21-55-23-25-57-28-35(49)50)44-33(47)15-13-11-10-12-14-26-61-29-31(37(52)59-40(4,5)6)45-38(53)60-41(7,8)9/h30-31H,10-29H2,1-9H3,(H,42,46)(H,43,48)(H,44,47)(H,45,53)(H,49,50). The van der Waals surface area contributed by atoms with E-state index in [2.05, 4.69) is 21.3 Å². The number of carbonyl (C=O) groups excluding carboxylic acids is 6. The predicted octanol–water partition coefficient (Wildman–Crippen LogP) is 3.29. The molecule has 20 heteroatoms. The molecule has 0 aromatic rings. The molecule has 2 unspecified atom stereocenters. The van der Waals surface area contributed by atoms with Crippen LogP contribution in [0.1, 0.15) is 114 Å². The van der Waals surface area contributed by atoms with Crippen LogP contribution in [0, 0.1) is 0 Å². The van der Waals surface area contributed by atoms with E-state index in [4.69, 9.17) is 38.3 Å². The second kappa shape index (κ2) is 32.0. The summed E-state index contributed by atoms with van der Waals surface area (Å²) in [4.78, 5) is 85.4. The largest absolute Gasteiger partial charge is 0.480 e. The number of carboxylic acids is 1. The van der Waals surface area contributed by atoms with Gasteiger partial charge in [0.15, 0.2) is 0 Å². The first kappa shape index (κ1) is 57.3. The van der Waals surface area contributed by atoms with Gasteiger partial charge in [-0.3, -0.25) is 14.4 Å². The lowest BCUT2D eigenvalue weighted by Crippen LogP contribution is -2.47. The maximum atomic E-state index is 12.9. The van der Waals surface area contributed by atoms with Crippen molar-refractivity contribution in [2.45, 2.75) is 143 Å². The zero-order chi connectivity index (χ0) is 46.3. The first-order valence-electron chi connectivity index (χ1n) is 20.9. The van der Waals surface area contributed by atoms with Crippen LogP contribution in [0.4, 0.5) is 4.79 Å². The topological polar surface area (TPSA) is 252 Å². The zero-order valence-corrected chi connectivity index (χ0v) is 38.7. The Balaban J connectivity index is 4.39. The minimum absolute atomic E-state index is 0.0282. The molecule has 0 rings (SSSR count). The number of aliphatic carboxylic acids is 1. The number of alkyl carbamates (subject to hydrolysis) is 1. The average molecular weight is 895 g/mol. The number of ether oxygens (including phenoxy) is 7. The first-order valence-corrected chi connectivity index (χ1v) is 22.0. The number of hydrogen-bond donors (Lipinski definition) is 5. The molecule has 19 nitrogen and oxygen atoms in total. The average Bonchev–Trinajstić information content (AvgIpc) is 3.11. The highest BCUT2D eigenvalue weighted by Crippen LogP contribution is 2.16. The van der Waals surface area contributed by atoms with E-state index in [9.17, 15) is 33.6 Å². The summed E-state index contributed by atoms with van der Waals surface area (Å²) in [6, 6.07) is -1.84. The van der Waals surface area contributed by atoms with Gasteiger partial charge in [0.25, 0.3) is 0 Å². The molecule has 0 bridgehead atoms. The molecule has 2 atom stereocenters. The van der Waals surface area contributed by atoms with Crippen molar-refractivity contribution in [2.24, 2.45) is 0 Å². The van der Waals surface area contributed by atoms with Crippen molar-refractivity contribution < 1.29 is 71.8 Å². The lowest BCUT2D eigenvalue weighted by molar-refractivity contribution is -0.159. The van der Waals surface area contributed by atoms with Crippen LogP contribution in [0.15, 0.2) is 0 Å². The van der Waals surface area contributed by atoms with E-state index in [0.29, 0.717) is 12.2 Å². The maximum absolute atomic E-state index is 12.9. The third-order valence-electron chi connectivity index (χ3n) is 7.39. The number of hydrogen-bond acceptors (Lipinski definition) is 15. The third-order valence-corrected chi connectivity index (χ3v) is 8.53. The van der Waals surface area contributed by atoms with Gasteiger partial charge in [-0.05, 0) is 87.3 Å². The summed E-state index contributed by atoms with van der Waals surface area (Å²) in [7, 11) is 0. The molecule has 0 heterocycles. The van der Waals surface area contributed by atoms with Gasteiger partial charge in [0, 0.05) is 31.7 Å². The zero-order valence-electron chi connectivity index (χ0n) is 37.9. The van der Waals surface area contributed by atoms with Crippen LogP contribution in [0.2, 0.25) is 0 Å². The lowest BCUT2D eigenvalue weighted by atomic mass is 10.1. The van der Waals surface area contributed by atoms with Crippen LogP contribution in [-0.2, 0) is 61.9 Å². The molecule has 0 radical (unpaired) electrons. The molecule has 0 aliphatic carbocycles. The summed E-state index contributed by atoms with van der Waals surface area (Å²) in [5.41, 5.74) is -2.19. The number of rotatable bonds is 33. The van der Waals surface area contributed by atoms with Gasteiger partial charge in [0.1, 0.15) is 42.1 Å². The number of unbranched alkanes of at least 4 members (excludes halogenated alkanes) is 4. The molecule has 61 heavy (non-hydrogen) atoms. The number of carboxylic acid groups (broad SMARTS) is 1. The van der Waals surface area contributed by atoms with Crippen molar-refractivity contribution in [1.29, 1.82) is 0 Å². The van der Waals surface area contributed by atoms with Gasteiger partial charge in [0.05, 0.1) is 39.6 Å². The molecule has 5 N–H and O–H groups in total. The van der Waals surface area contributed by atoms with Gasteiger partial charge in [-0.15, -0.1) is 0 Å². The minimum atomic E-state index is -1.06. The molecule has 0 aromatic carbocycles. The van der Waals surface area contributed by atoms with Gasteiger partial charge in [-0.2, -0.15) is 11.8 Å². The Morgan fingerprint density at radius 1 is 0.525 bits per heavy atom. The molecule has 0 spiro atoms. The van der Waals surface area contributed by atoms with Crippen LogP contribution in [0.5, 0.6) is 0 Å². The molecule has 0 aliphatic rings. The number of amides is 4. The van der Waals surface area contributed by atoms with Gasteiger partial charge in [-0.1, -0.05) is 19.3 Å². The van der Waals surface area contributed by atoms with Gasteiger partial charge >= 0.3 is 24.0 Å². The summed E-state index contributed by atoms with van der Waals surface area (Å²) >= 11 is 1.53. The monoisotopic (exact) mass is 894 g/mol. The van der Waals surface area contributed by atoms with Crippen molar-refractivity contribution in [3.8, 4) is 0 Å². The van der Waals surface area contributed by atoms with Crippen molar-refractivity contribution in [3.63, 3.8) is 0 Å². The van der Waals surface area contributed by atoms with Crippen molar-refractivity contribution in [3.05, 3.63) is 0 Å². The Morgan fingerprint density at radius 2 is 1.02 bits per heavy atom. The molecule has 0 saturated carbocycles. The molecular formula is C41H74N4O15S. The molecule has 0 saturated heterocycles. The van der Waals surface area contributed by atoms with E-state index < -0.39 is 59.5 Å². The van der Waals surface area contributed by atoms with E-state index in [1.807, 2.05) is 0 Å². The summed E-state index contributed by atoms with van der Waals surface area (Å²) in [5, 5.41) is 19.2. The van der Waals surface area contributed by atoms with Crippen LogP contribution < -0.4 is 21.3 Å². The van der Waals surface area contributed by atoms with E-state index in [-0.39, 0.29) is 96.3 Å². The molecular weight excluding hydrogens is 821 g/mol. The Kier molecular flexibility index (Phi) is 30.1. The van der Waals surface area contributed by atoms with Gasteiger partial charge < -0.3 is 59.5 Å². The summed E-state index contributed by atoms with van der Waals surface area (Å²) in [5.74, 6) is -2.06. The summed E-state index contributed by atoms with van der Waals surface area (Å²) in [6.07, 6.45) is 3.65. The second-order valence-corrected chi connectivity index (χ2v) is 18.1. The van der Waals surface area contributed by atoms with Crippen LogP contribution in [-0.4, -0.2) is 153 Å². The van der Waals surface area contributed by atoms with E-state index >= 15 is 0 Å². The van der Waals surface area contributed by atoms with Crippen molar-refractivity contribution in [2.75, 3.05) is 77.5 Å². The normalized spacial score (nSPS) is 12.7. The molecule has 0 fully saturated rings. The molecule has 4 amide bonds. The van der Waals surface area contributed by atoms with Crippen molar-refractivity contribution in [1.82, 2.24) is 21.3 Å². The SMILES string of the molecule is CC(C)(C)OC(=O)NC(CSCCCCCCCC(=O)NC(CCC(=O)NCCOCCOCC(=O)NCCOCCOCC(=O)O)C(=O)OC(C)(C)C)C(=O)OC(C)(C)C. The van der Waals surface area contributed by atoms with E-state index in [1.165, 1.54) is 11.8 Å². The van der Waals surface area contributed by atoms with Crippen LogP contribution >= 0.6 is 11.8 Å². The first-order chi connectivity index (χ1) is 28.5. The Bertz CT molecular complexity index is 1320. The highest BCUT2D eigenvalue weighted by Gasteiger charge is 2.29. The third kappa shape index (κ3) is 37.7. The smallest absolute Gasteiger partial charge is 0.408 e. The molecule has 354 valence electrons. The Hall–Kier alpha value is -3.72. The second-order valence-electron chi connectivity index (χ2n) is 16.9. The number of nitrogens with one attached hydrogen (secondary N) is 4. The maximum Gasteiger partial charge on any atom is 0.408 e. The predicted molar refractivity (Wildman–Crippen MR) is 228 cm³/mol. The van der Waals surface area contributed by atoms with E-state index in [0.717, 1.165) is 31.4 Å².